The number of carbonyl (C=O) groups is 1. The number of pyridine rings is 1. The van der Waals surface area contributed by atoms with E-state index in [1.165, 1.54) is 0 Å². The van der Waals surface area contributed by atoms with Gasteiger partial charge in [0.1, 0.15) is 0 Å². The van der Waals surface area contributed by atoms with Crippen molar-refractivity contribution in [3.8, 4) is 22.5 Å². The highest BCUT2D eigenvalue weighted by Crippen LogP contribution is 2.42. The molecule has 2 N–H and O–H groups in total. The normalized spacial score (nSPS) is 19.2. The summed E-state index contributed by atoms with van der Waals surface area (Å²) in [6, 6.07) is 11.5. The number of imidazole rings is 1. The monoisotopic (exact) mass is 543 g/mol. The van der Waals surface area contributed by atoms with Crippen LogP contribution in [0.15, 0.2) is 53.6 Å². The Hall–Kier alpha value is -4.08. The molecule has 0 aliphatic heterocycles. The minimum Gasteiger partial charge on any atom is -0.481 e. The summed E-state index contributed by atoms with van der Waals surface area (Å²) in [5.74, 6) is -0.379. The highest BCUT2D eigenvalue weighted by atomic mass is 16.4. The first kappa shape index (κ1) is 27.5. The molecule has 3 atom stereocenters. The molecule has 10 nitrogen and oxygen atoms in total. The highest BCUT2D eigenvalue weighted by molar-refractivity contribution is 5.71. The molecule has 0 saturated heterocycles. The molecule has 1 fully saturated rings. The molecular formula is C30H37N7O3. The van der Waals surface area contributed by atoms with Gasteiger partial charge in [0.15, 0.2) is 5.82 Å². The number of hydrogen-bond donors (Lipinski definition) is 2. The van der Waals surface area contributed by atoms with Crippen LogP contribution in [0.2, 0.25) is 0 Å². The minimum atomic E-state index is -0.817. The zero-order chi connectivity index (χ0) is 28.2. The number of nitrogens with one attached hydrogen (secondary N) is 1. The summed E-state index contributed by atoms with van der Waals surface area (Å²) >= 11 is 0. The molecule has 3 heterocycles. The van der Waals surface area contributed by atoms with Crippen molar-refractivity contribution >= 4 is 5.97 Å². The van der Waals surface area contributed by atoms with Gasteiger partial charge in [-0.3, -0.25) is 18.9 Å². The van der Waals surface area contributed by atoms with Gasteiger partial charge < -0.3 is 5.11 Å². The van der Waals surface area contributed by atoms with E-state index in [2.05, 4.69) is 46.4 Å². The van der Waals surface area contributed by atoms with E-state index < -0.39 is 11.9 Å². The summed E-state index contributed by atoms with van der Waals surface area (Å²) in [6.07, 6.45) is 8.79. The molecule has 4 aromatic rings. The first-order valence-electron chi connectivity index (χ1n) is 14.2. The topological polar surface area (TPSA) is 132 Å². The second-order valence-electron chi connectivity index (χ2n) is 11.1. The zero-order valence-corrected chi connectivity index (χ0v) is 23.3. The van der Waals surface area contributed by atoms with Crippen LogP contribution < -0.4 is 5.69 Å². The van der Waals surface area contributed by atoms with Crippen molar-refractivity contribution < 1.29 is 9.90 Å². The van der Waals surface area contributed by atoms with Crippen molar-refractivity contribution in [2.45, 2.75) is 71.9 Å². The van der Waals surface area contributed by atoms with Crippen LogP contribution in [0.5, 0.6) is 0 Å². The largest absolute Gasteiger partial charge is 0.481 e. The molecule has 0 bridgehead atoms. The van der Waals surface area contributed by atoms with Crippen molar-refractivity contribution in [3.63, 3.8) is 0 Å². The summed E-state index contributed by atoms with van der Waals surface area (Å²) in [5.41, 5.74) is 4.37. The third kappa shape index (κ3) is 5.61. The molecule has 3 unspecified atom stereocenters. The van der Waals surface area contributed by atoms with E-state index in [-0.39, 0.29) is 23.6 Å². The van der Waals surface area contributed by atoms with Crippen molar-refractivity contribution in [2.75, 3.05) is 0 Å². The molecular weight excluding hydrogens is 506 g/mol. The quantitative estimate of drug-likeness (QED) is 0.288. The SMILES string of the molecule is CCCCc1cn(C2C(C(=O)O)CCCC2C(C)C)c(=O)n1Cc1cc(-c2cccc(-c3nnn[nH]3)c2)ccn1. The number of aromatic amines is 1. The summed E-state index contributed by atoms with van der Waals surface area (Å²) in [5, 5.41) is 24.2. The number of tetrazole rings is 1. The summed E-state index contributed by atoms with van der Waals surface area (Å²) in [7, 11) is 0. The van der Waals surface area contributed by atoms with E-state index in [4.69, 9.17) is 0 Å². The third-order valence-electron chi connectivity index (χ3n) is 8.22. The van der Waals surface area contributed by atoms with Crippen LogP contribution in [0.4, 0.5) is 0 Å². The number of benzene rings is 1. The van der Waals surface area contributed by atoms with Gasteiger partial charge in [-0.05, 0) is 77.3 Å². The Labute approximate surface area is 233 Å². The molecule has 40 heavy (non-hydrogen) atoms. The lowest BCUT2D eigenvalue weighted by Gasteiger charge is -2.38. The van der Waals surface area contributed by atoms with E-state index in [0.717, 1.165) is 60.2 Å². The molecule has 1 aromatic carbocycles. The minimum absolute atomic E-state index is 0.135. The smallest absolute Gasteiger partial charge is 0.328 e. The number of carboxylic acid groups (broad SMARTS) is 1. The second-order valence-corrected chi connectivity index (χ2v) is 11.1. The fraction of sp³-hybridized carbons (Fsp3) is 0.467. The average molecular weight is 544 g/mol. The van der Waals surface area contributed by atoms with Crippen molar-refractivity contribution in [3.05, 3.63) is 70.7 Å². The summed E-state index contributed by atoms with van der Waals surface area (Å²) in [6.45, 7) is 6.71. The van der Waals surface area contributed by atoms with E-state index in [1.54, 1.807) is 15.3 Å². The van der Waals surface area contributed by atoms with E-state index >= 15 is 0 Å². The maximum atomic E-state index is 14.0. The molecule has 0 amide bonds. The van der Waals surface area contributed by atoms with Gasteiger partial charge in [0.05, 0.1) is 24.2 Å². The Bertz CT molecular complexity index is 1510. The lowest BCUT2D eigenvalue weighted by Crippen LogP contribution is -2.42. The Kier molecular flexibility index (Phi) is 8.23. The number of aromatic nitrogens is 7. The van der Waals surface area contributed by atoms with Crippen molar-refractivity contribution in [1.29, 1.82) is 0 Å². The highest BCUT2D eigenvalue weighted by Gasteiger charge is 2.41. The standard InChI is InChI=1S/C30H37N7O3/c1-4-5-10-24-18-37(27-25(19(2)3)11-7-12-26(27)29(38)39)30(40)36(24)17-23-16-21(13-14-31-23)20-8-6-9-22(15-20)28-32-34-35-33-28/h6,8-9,13-16,18-19,25-27H,4-5,7,10-12,17H2,1-3H3,(H,38,39)(H,32,33,34,35). The van der Waals surface area contributed by atoms with Gasteiger partial charge in [0.2, 0.25) is 0 Å². The number of unbranched alkanes of at least 4 members (excludes halogenated alkanes) is 1. The molecule has 1 aliphatic carbocycles. The number of nitrogens with zero attached hydrogens (tertiary/aromatic N) is 6. The number of aliphatic carboxylic acids is 1. The second kappa shape index (κ2) is 12.0. The number of hydrogen-bond acceptors (Lipinski definition) is 6. The lowest BCUT2D eigenvalue weighted by atomic mass is 9.72. The average Bonchev–Trinajstić information content (AvgIpc) is 3.61. The Morgan fingerprint density at radius 3 is 2.67 bits per heavy atom. The number of rotatable bonds is 10. The van der Waals surface area contributed by atoms with Crippen LogP contribution in [0.1, 0.15) is 70.3 Å². The molecule has 10 heteroatoms. The van der Waals surface area contributed by atoms with E-state index in [1.807, 2.05) is 42.6 Å². The molecule has 1 aliphatic rings. The van der Waals surface area contributed by atoms with Crippen LogP contribution in [0, 0.1) is 17.8 Å². The maximum Gasteiger partial charge on any atom is 0.328 e. The number of carboxylic acids is 1. The van der Waals surface area contributed by atoms with Crippen LogP contribution in [0.25, 0.3) is 22.5 Å². The Morgan fingerprint density at radius 1 is 1.15 bits per heavy atom. The van der Waals surface area contributed by atoms with Gasteiger partial charge in [-0.15, -0.1) is 5.10 Å². The Balaban J connectivity index is 1.51. The fourth-order valence-electron chi connectivity index (χ4n) is 6.13. The van der Waals surface area contributed by atoms with E-state index in [0.29, 0.717) is 18.8 Å². The van der Waals surface area contributed by atoms with Gasteiger partial charge in [-0.1, -0.05) is 51.8 Å². The van der Waals surface area contributed by atoms with Crippen molar-refractivity contribution in [2.24, 2.45) is 17.8 Å². The molecule has 3 aromatic heterocycles. The summed E-state index contributed by atoms with van der Waals surface area (Å²) < 4.78 is 3.54. The van der Waals surface area contributed by atoms with Crippen LogP contribution in [-0.4, -0.2) is 45.8 Å². The van der Waals surface area contributed by atoms with Gasteiger partial charge >= 0.3 is 11.7 Å². The molecule has 210 valence electrons. The number of H-pyrrole nitrogens is 1. The first-order valence-corrected chi connectivity index (χ1v) is 14.2. The predicted octanol–water partition coefficient (Wildman–Crippen LogP) is 4.98. The van der Waals surface area contributed by atoms with Gasteiger partial charge in [0, 0.05) is 23.7 Å². The molecule has 1 saturated carbocycles. The van der Waals surface area contributed by atoms with Crippen LogP contribution in [0.3, 0.4) is 0 Å². The third-order valence-corrected chi connectivity index (χ3v) is 8.22. The van der Waals surface area contributed by atoms with Gasteiger partial charge in [-0.25, -0.2) is 9.89 Å². The maximum absolute atomic E-state index is 14.0. The Morgan fingerprint density at radius 2 is 1.95 bits per heavy atom. The lowest BCUT2D eigenvalue weighted by molar-refractivity contribution is -0.146. The fourth-order valence-corrected chi connectivity index (χ4v) is 6.13. The van der Waals surface area contributed by atoms with Crippen LogP contribution in [-0.2, 0) is 17.8 Å². The number of aryl methyl sites for hydroxylation is 1. The first-order chi connectivity index (χ1) is 19.4. The van der Waals surface area contributed by atoms with E-state index in [9.17, 15) is 14.7 Å². The predicted molar refractivity (Wildman–Crippen MR) is 152 cm³/mol. The van der Waals surface area contributed by atoms with Crippen LogP contribution >= 0.6 is 0 Å². The summed E-state index contributed by atoms with van der Waals surface area (Å²) in [4.78, 5) is 30.9. The zero-order valence-electron chi connectivity index (χ0n) is 23.3. The molecule has 5 rings (SSSR count). The molecule has 0 spiro atoms. The van der Waals surface area contributed by atoms with Crippen molar-refractivity contribution in [1.82, 2.24) is 34.7 Å². The van der Waals surface area contributed by atoms with Gasteiger partial charge in [-0.2, -0.15) is 0 Å². The van der Waals surface area contributed by atoms with Gasteiger partial charge in [0.25, 0.3) is 0 Å². The molecule has 0 radical (unpaired) electrons.